The second kappa shape index (κ2) is 5.13. The summed E-state index contributed by atoms with van der Waals surface area (Å²) in [7, 11) is -10.1. The van der Waals surface area contributed by atoms with Crippen molar-refractivity contribution in [2.45, 2.75) is 6.92 Å². The van der Waals surface area contributed by atoms with Crippen LogP contribution in [0.25, 0.3) is 0 Å². The van der Waals surface area contributed by atoms with Crippen molar-refractivity contribution >= 4 is 13.0 Å². The molecule has 1 aromatic carbocycles. The van der Waals surface area contributed by atoms with E-state index in [0.717, 1.165) is 12.1 Å². The number of halogens is 5. The molecule has 3 nitrogen and oxygen atoms in total. The molecule has 22 heavy (non-hydrogen) atoms. The summed E-state index contributed by atoms with van der Waals surface area (Å²) in [5.74, 6) is 0.331. The fraction of sp³-hybridized carbons (Fsp3) is 0.462. The van der Waals surface area contributed by atoms with E-state index in [2.05, 4.69) is 0 Å². The summed E-state index contributed by atoms with van der Waals surface area (Å²) in [6.07, 6.45) is 0. The van der Waals surface area contributed by atoms with Gasteiger partial charge in [0.25, 0.3) is 0 Å². The SMILES string of the molecule is CCOc1ccc(C(=[N+]2CCOCC2)[P-](F)(F)(F)(F)F)cc1. The van der Waals surface area contributed by atoms with Gasteiger partial charge in [-0.2, -0.15) is 0 Å². The van der Waals surface area contributed by atoms with Crippen LogP contribution >= 0.6 is 7.50 Å². The fourth-order valence-corrected chi connectivity index (χ4v) is 3.71. The van der Waals surface area contributed by atoms with Crippen molar-refractivity contribution in [3.05, 3.63) is 29.8 Å². The van der Waals surface area contributed by atoms with Crippen LogP contribution in [0.5, 0.6) is 5.75 Å². The molecular weight excluding hydrogens is 328 g/mol. The summed E-state index contributed by atoms with van der Waals surface area (Å²) in [6, 6.07) is 4.54. The third kappa shape index (κ3) is 4.14. The Kier molecular flexibility index (Phi) is 3.99. The summed E-state index contributed by atoms with van der Waals surface area (Å²) in [4.78, 5) is 0. The first-order valence-corrected chi connectivity index (χ1v) is 8.91. The monoisotopic (exact) mass is 345 g/mol. The molecule has 2 rings (SSSR count). The first-order valence-electron chi connectivity index (χ1n) is 6.77. The number of hydrogen-bond donors (Lipinski definition) is 0. The summed E-state index contributed by atoms with van der Waals surface area (Å²) < 4.78 is 78.1. The second-order valence-corrected chi connectivity index (χ2v) is 7.49. The van der Waals surface area contributed by atoms with E-state index in [9.17, 15) is 21.0 Å². The van der Waals surface area contributed by atoms with Gasteiger partial charge in [-0.25, -0.2) is 0 Å². The van der Waals surface area contributed by atoms with Crippen LogP contribution in [-0.2, 0) is 4.74 Å². The number of ether oxygens (including phenoxy) is 2. The Morgan fingerprint density at radius 3 is 2.09 bits per heavy atom. The molecule has 0 amide bonds. The number of morpholine rings is 1. The first kappa shape index (κ1) is 17.1. The van der Waals surface area contributed by atoms with Gasteiger partial charge in [0.05, 0.1) is 0 Å². The van der Waals surface area contributed by atoms with Gasteiger partial charge in [-0.1, -0.05) is 0 Å². The van der Waals surface area contributed by atoms with Crippen molar-refractivity contribution in [1.82, 2.24) is 0 Å². The van der Waals surface area contributed by atoms with E-state index < -0.39 is 18.5 Å². The molecule has 0 aromatic heterocycles. The maximum atomic E-state index is 13.5. The molecule has 0 bridgehead atoms. The van der Waals surface area contributed by atoms with Gasteiger partial charge in [-0.05, 0) is 0 Å². The van der Waals surface area contributed by atoms with E-state index in [1.807, 2.05) is 0 Å². The van der Waals surface area contributed by atoms with Crippen molar-refractivity contribution in [2.24, 2.45) is 0 Å². The van der Waals surface area contributed by atoms with Gasteiger partial charge in [0.15, 0.2) is 0 Å². The van der Waals surface area contributed by atoms with Crippen molar-refractivity contribution < 1.29 is 35.0 Å². The molecule has 1 saturated heterocycles. The number of benzene rings is 1. The van der Waals surface area contributed by atoms with Crippen molar-refractivity contribution in [1.29, 1.82) is 0 Å². The molecule has 126 valence electrons. The van der Waals surface area contributed by atoms with Gasteiger partial charge in [0.1, 0.15) is 0 Å². The summed E-state index contributed by atoms with van der Waals surface area (Å²) in [5, 5.41) is 0. The maximum absolute atomic E-state index is 13.5. The molecule has 0 N–H and O–H groups in total. The standard InChI is InChI=1S/C13H17F5NO2P/c1-2-21-12-5-3-11(4-6-12)13(22(14,15,16,17)18)19-7-9-20-10-8-19/h3-6H,2,7-10H2,1H3. The van der Waals surface area contributed by atoms with Crippen LogP contribution in [0.3, 0.4) is 0 Å². The van der Waals surface area contributed by atoms with Gasteiger partial charge in [0.2, 0.25) is 0 Å². The molecule has 0 radical (unpaired) electrons. The Morgan fingerprint density at radius 2 is 1.64 bits per heavy atom. The van der Waals surface area contributed by atoms with Crippen LogP contribution in [0.4, 0.5) is 21.0 Å². The normalized spacial score (nSPS) is 19.3. The third-order valence-electron chi connectivity index (χ3n) is 3.13. The molecule has 1 aromatic rings. The predicted molar refractivity (Wildman–Crippen MR) is 75.0 cm³/mol. The number of nitrogens with zero attached hydrogens (tertiary/aromatic N) is 1. The van der Waals surface area contributed by atoms with Gasteiger partial charge < -0.3 is 0 Å². The Balaban J connectivity index is 2.55. The van der Waals surface area contributed by atoms with Crippen LogP contribution in [0.1, 0.15) is 12.5 Å². The zero-order valence-electron chi connectivity index (χ0n) is 11.9. The zero-order valence-corrected chi connectivity index (χ0v) is 12.8. The van der Waals surface area contributed by atoms with Gasteiger partial charge in [0, 0.05) is 0 Å². The summed E-state index contributed by atoms with van der Waals surface area (Å²) in [5.41, 5.74) is -2.39. The number of hydrogen-bond acceptors (Lipinski definition) is 2. The van der Waals surface area contributed by atoms with Crippen LogP contribution in [0, 0.1) is 0 Å². The summed E-state index contributed by atoms with van der Waals surface area (Å²) in [6.45, 7) is 1.57. The predicted octanol–water partition coefficient (Wildman–Crippen LogP) is 4.39. The minimum absolute atomic E-state index is 0.0165. The Hall–Kier alpha value is -1.27. The number of rotatable bonds is 4. The van der Waals surface area contributed by atoms with Crippen LogP contribution in [0.15, 0.2) is 24.3 Å². The van der Waals surface area contributed by atoms with Gasteiger partial charge in [-0.3, -0.25) is 0 Å². The van der Waals surface area contributed by atoms with Crippen molar-refractivity contribution in [2.75, 3.05) is 32.9 Å². The molecule has 1 aliphatic rings. The zero-order chi connectivity index (χ0) is 16.5. The van der Waals surface area contributed by atoms with E-state index in [1.54, 1.807) is 6.92 Å². The van der Waals surface area contributed by atoms with E-state index >= 15 is 0 Å². The average Bonchev–Trinajstić information content (AvgIpc) is 2.39. The first-order chi connectivity index (χ1) is 10.0. The molecule has 0 spiro atoms. The molecule has 1 fully saturated rings. The quantitative estimate of drug-likeness (QED) is 0.459. The van der Waals surface area contributed by atoms with Crippen LogP contribution < -0.4 is 4.74 Å². The molecule has 9 heteroatoms. The van der Waals surface area contributed by atoms with Crippen molar-refractivity contribution in [3.63, 3.8) is 0 Å². The molecular formula is C13H17F5NO2P. The molecule has 0 atom stereocenters. The summed E-state index contributed by atoms with van der Waals surface area (Å²) >= 11 is 0. The van der Waals surface area contributed by atoms with Gasteiger partial charge >= 0.3 is 123 Å². The van der Waals surface area contributed by atoms with E-state index in [-0.39, 0.29) is 26.3 Å². The minimum atomic E-state index is -10.1. The van der Waals surface area contributed by atoms with Crippen LogP contribution in [0.2, 0.25) is 0 Å². The topological polar surface area (TPSA) is 21.5 Å². The van der Waals surface area contributed by atoms with E-state index in [0.29, 0.717) is 16.9 Å². The Morgan fingerprint density at radius 1 is 1.09 bits per heavy atom. The fourth-order valence-electron chi connectivity index (χ4n) is 2.34. The molecule has 0 unspecified atom stereocenters. The van der Waals surface area contributed by atoms with Crippen molar-refractivity contribution in [3.8, 4) is 5.75 Å². The Labute approximate surface area is 124 Å². The molecule has 1 aliphatic heterocycles. The van der Waals surface area contributed by atoms with E-state index in [4.69, 9.17) is 9.47 Å². The molecule has 0 aliphatic carbocycles. The van der Waals surface area contributed by atoms with Gasteiger partial charge in [-0.15, -0.1) is 0 Å². The van der Waals surface area contributed by atoms with E-state index in [1.165, 1.54) is 12.1 Å². The van der Waals surface area contributed by atoms with Crippen LogP contribution in [-0.4, -0.2) is 42.9 Å². The molecule has 1 heterocycles. The Bertz CT molecular complexity index is 575. The second-order valence-electron chi connectivity index (χ2n) is 4.94. The third-order valence-corrected chi connectivity index (χ3v) is 4.48. The molecule has 0 saturated carbocycles. The average molecular weight is 345 g/mol.